The van der Waals surface area contributed by atoms with Crippen molar-refractivity contribution < 1.29 is 9.47 Å². The molecule has 0 radical (unpaired) electrons. The number of morpholine rings is 1. The number of rotatable bonds is 8. The molecule has 1 saturated heterocycles. The van der Waals surface area contributed by atoms with E-state index in [1.807, 2.05) is 30.3 Å². The van der Waals surface area contributed by atoms with Gasteiger partial charge in [0.25, 0.3) is 0 Å². The first-order chi connectivity index (χ1) is 17.3. The third kappa shape index (κ3) is 5.10. The van der Waals surface area contributed by atoms with E-state index in [4.69, 9.17) is 19.4 Å². The molecule has 0 atom stereocenters. The van der Waals surface area contributed by atoms with Crippen LogP contribution in [0.2, 0.25) is 0 Å². The molecule has 0 unspecified atom stereocenters. The highest BCUT2D eigenvalue weighted by Crippen LogP contribution is 2.40. The Morgan fingerprint density at radius 3 is 2.63 bits per heavy atom. The zero-order valence-corrected chi connectivity index (χ0v) is 21.4. The standard InChI is InChI=1S/C26H24N4O2S3/c1-2-22(34-14-1)24-28-25(23-21(17-35-26(23)29-24)18-7-15-33-16-18)27-19-3-5-20(6-4-19)32-13-10-30-8-11-31-12-9-30/h1-7,14-17H,8-13H2,(H,27,28,29). The minimum atomic E-state index is 0.669. The summed E-state index contributed by atoms with van der Waals surface area (Å²) in [6.45, 7) is 5.15. The minimum Gasteiger partial charge on any atom is -0.492 e. The summed E-state index contributed by atoms with van der Waals surface area (Å²) in [4.78, 5) is 14.3. The van der Waals surface area contributed by atoms with Gasteiger partial charge in [-0.3, -0.25) is 4.90 Å². The Morgan fingerprint density at radius 1 is 0.971 bits per heavy atom. The number of hydrogen-bond acceptors (Lipinski definition) is 9. The summed E-state index contributed by atoms with van der Waals surface area (Å²) in [6, 6.07) is 14.3. The molecule has 5 heterocycles. The first-order valence-corrected chi connectivity index (χ1v) is 14.2. The summed E-state index contributed by atoms with van der Waals surface area (Å²) in [5, 5.41) is 13.1. The van der Waals surface area contributed by atoms with Gasteiger partial charge in [0.15, 0.2) is 5.82 Å². The van der Waals surface area contributed by atoms with E-state index < -0.39 is 0 Å². The van der Waals surface area contributed by atoms with Crippen LogP contribution >= 0.6 is 34.0 Å². The van der Waals surface area contributed by atoms with Crippen molar-refractivity contribution >= 4 is 55.7 Å². The van der Waals surface area contributed by atoms with Crippen molar-refractivity contribution in [3.63, 3.8) is 0 Å². The third-order valence-electron chi connectivity index (χ3n) is 5.90. The first kappa shape index (κ1) is 22.6. The van der Waals surface area contributed by atoms with Crippen molar-refractivity contribution in [2.75, 3.05) is 44.8 Å². The number of ether oxygens (including phenoxy) is 2. The summed E-state index contributed by atoms with van der Waals surface area (Å²) in [5.74, 6) is 2.43. The Kier molecular flexibility index (Phi) is 6.74. The molecule has 6 rings (SSSR count). The van der Waals surface area contributed by atoms with Crippen molar-refractivity contribution in [1.82, 2.24) is 14.9 Å². The molecule has 1 fully saturated rings. The van der Waals surface area contributed by atoms with Gasteiger partial charge in [0.1, 0.15) is 23.0 Å². The van der Waals surface area contributed by atoms with E-state index in [0.717, 1.165) is 76.6 Å². The fourth-order valence-electron chi connectivity index (χ4n) is 4.07. The van der Waals surface area contributed by atoms with Gasteiger partial charge >= 0.3 is 0 Å². The zero-order valence-electron chi connectivity index (χ0n) is 19.0. The first-order valence-electron chi connectivity index (χ1n) is 11.5. The quantitative estimate of drug-likeness (QED) is 0.249. The van der Waals surface area contributed by atoms with Gasteiger partial charge in [0.05, 0.1) is 23.5 Å². The lowest BCUT2D eigenvalue weighted by molar-refractivity contribution is 0.0322. The number of nitrogens with zero attached hydrogens (tertiary/aromatic N) is 3. The zero-order chi connectivity index (χ0) is 23.5. The van der Waals surface area contributed by atoms with Crippen LogP contribution in [0.5, 0.6) is 5.75 Å². The molecule has 1 N–H and O–H groups in total. The maximum atomic E-state index is 5.98. The topological polar surface area (TPSA) is 59.5 Å². The van der Waals surface area contributed by atoms with Crippen LogP contribution in [0.3, 0.4) is 0 Å². The number of benzene rings is 1. The summed E-state index contributed by atoms with van der Waals surface area (Å²) in [5.41, 5.74) is 3.32. The second kappa shape index (κ2) is 10.4. The van der Waals surface area contributed by atoms with E-state index in [0.29, 0.717) is 6.61 Å². The van der Waals surface area contributed by atoms with Crippen LogP contribution in [0.1, 0.15) is 0 Å². The maximum Gasteiger partial charge on any atom is 0.173 e. The van der Waals surface area contributed by atoms with Crippen LogP contribution in [-0.2, 0) is 4.74 Å². The van der Waals surface area contributed by atoms with Gasteiger partial charge in [-0.1, -0.05) is 6.07 Å². The monoisotopic (exact) mass is 520 g/mol. The highest BCUT2D eigenvalue weighted by molar-refractivity contribution is 7.17. The Hall–Kier alpha value is -2.82. The summed E-state index contributed by atoms with van der Waals surface area (Å²) < 4.78 is 11.4. The molecule has 4 aromatic heterocycles. The molecule has 0 saturated carbocycles. The summed E-state index contributed by atoms with van der Waals surface area (Å²) in [6.07, 6.45) is 0. The summed E-state index contributed by atoms with van der Waals surface area (Å²) in [7, 11) is 0. The summed E-state index contributed by atoms with van der Waals surface area (Å²) >= 11 is 5.00. The molecule has 1 aromatic carbocycles. The van der Waals surface area contributed by atoms with Gasteiger partial charge in [0, 0.05) is 36.3 Å². The number of hydrogen-bond donors (Lipinski definition) is 1. The molecule has 1 aliphatic rings. The van der Waals surface area contributed by atoms with Crippen molar-refractivity contribution in [2.45, 2.75) is 0 Å². The fraction of sp³-hybridized carbons (Fsp3) is 0.231. The second-order valence-corrected chi connectivity index (χ2v) is 10.8. The lowest BCUT2D eigenvalue weighted by Gasteiger charge is -2.26. The number of fused-ring (bicyclic) bond motifs is 1. The maximum absolute atomic E-state index is 5.98. The van der Waals surface area contributed by atoms with Crippen molar-refractivity contribution in [1.29, 1.82) is 0 Å². The lowest BCUT2D eigenvalue weighted by Crippen LogP contribution is -2.38. The minimum absolute atomic E-state index is 0.669. The SMILES string of the molecule is c1csc(-c2nc(Nc3ccc(OCCN4CCOCC4)cc3)c3c(-c4ccsc4)csc3n2)c1. The van der Waals surface area contributed by atoms with Crippen LogP contribution in [0.4, 0.5) is 11.5 Å². The van der Waals surface area contributed by atoms with Crippen LogP contribution in [0.25, 0.3) is 32.0 Å². The highest BCUT2D eigenvalue weighted by Gasteiger charge is 2.17. The van der Waals surface area contributed by atoms with Gasteiger partial charge in [-0.25, -0.2) is 9.97 Å². The molecule has 1 aliphatic heterocycles. The number of anilines is 2. The highest BCUT2D eigenvalue weighted by atomic mass is 32.1. The average molecular weight is 521 g/mol. The predicted octanol–water partition coefficient (Wildman–Crippen LogP) is 6.60. The predicted molar refractivity (Wildman–Crippen MR) is 147 cm³/mol. The van der Waals surface area contributed by atoms with E-state index in [2.05, 4.69) is 43.9 Å². The molecule has 9 heteroatoms. The van der Waals surface area contributed by atoms with Crippen LogP contribution in [-0.4, -0.2) is 54.3 Å². The second-order valence-electron chi connectivity index (χ2n) is 8.17. The van der Waals surface area contributed by atoms with Crippen LogP contribution in [0.15, 0.2) is 64.0 Å². The van der Waals surface area contributed by atoms with Crippen LogP contribution < -0.4 is 10.1 Å². The largest absolute Gasteiger partial charge is 0.492 e. The average Bonchev–Trinajstić information content (AvgIpc) is 3.67. The Labute approximate surface area is 215 Å². The van der Waals surface area contributed by atoms with E-state index in [1.54, 1.807) is 34.0 Å². The van der Waals surface area contributed by atoms with E-state index in [1.165, 1.54) is 5.56 Å². The molecule has 35 heavy (non-hydrogen) atoms. The smallest absolute Gasteiger partial charge is 0.173 e. The number of aromatic nitrogens is 2. The molecule has 178 valence electrons. The molecule has 0 bridgehead atoms. The van der Waals surface area contributed by atoms with Crippen molar-refractivity contribution in [3.8, 4) is 27.6 Å². The Morgan fingerprint density at radius 2 is 1.86 bits per heavy atom. The molecule has 0 aliphatic carbocycles. The van der Waals surface area contributed by atoms with Gasteiger partial charge in [-0.15, -0.1) is 22.7 Å². The van der Waals surface area contributed by atoms with Crippen molar-refractivity contribution in [2.24, 2.45) is 0 Å². The normalized spacial score (nSPS) is 14.4. The van der Waals surface area contributed by atoms with E-state index in [9.17, 15) is 0 Å². The van der Waals surface area contributed by atoms with Crippen molar-refractivity contribution in [3.05, 3.63) is 64.0 Å². The van der Waals surface area contributed by atoms with Gasteiger partial charge in [-0.2, -0.15) is 11.3 Å². The molecular weight excluding hydrogens is 497 g/mol. The third-order valence-corrected chi connectivity index (χ3v) is 8.33. The molecular formula is C26H24N4O2S3. The Balaban J connectivity index is 1.24. The number of nitrogens with one attached hydrogen (secondary N) is 1. The van der Waals surface area contributed by atoms with Gasteiger partial charge in [0.2, 0.25) is 0 Å². The Bertz CT molecular complexity index is 1380. The molecule has 6 nitrogen and oxygen atoms in total. The van der Waals surface area contributed by atoms with Gasteiger partial charge in [-0.05, 0) is 58.1 Å². The lowest BCUT2D eigenvalue weighted by atomic mass is 10.1. The van der Waals surface area contributed by atoms with E-state index >= 15 is 0 Å². The molecule has 5 aromatic rings. The van der Waals surface area contributed by atoms with Crippen LogP contribution in [0, 0.1) is 0 Å². The molecule has 0 amide bonds. The molecule has 0 spiro atoms. The number of thiophene rings is 3. The van der Waals surface area contributed by atoms with Gasteiger partial charge < -0.3 is 14.8 Å². The van der Waals surface area contributed by atoms with E-state index in [-0.39, 0.29) is 0 Å². The fourth-order valence-corrected chi connectivity index (χ4v) is 6.33.